The smallest absolute Gasteiger partial charge is 0.270 e. The van der Waals surface area contributed by atoms with Gasteiger partial charge in [0, 0.05) is 17.7 Å². The maximum Gasteiger partial charge on any atom is 0.270 e. The summed E-state index contributed by atoms with van der Waals surface area (Å²) in [4.78, 5) is 10.4. The standard InChI is InChI=1S/C23H15N3O3/c24-14-19-4-1-2-5-20(19)16-29-23-10-8-17(9-11-23)12-21(15-25)18-6-3-7-22(13-18)26(27)28/h1-13H,16H2. The molecule has 0 radical (unpaired) electrons. The van der Waals surface area contributed by atoms with Gasteiger partial charge in [0.15, 0.2) is 0 Å². The quantitative estimate of drug-likeness (QED) is 0.256. The van der Waals surface area contributed by atoms with Crippen LogP contribution in [0, 0.1) is 32.8 Å². The molecule has 0 bridgehead atoms. The molecular formula is C23H15N3O3. The van der Waals surface area contributed by atoms with Crippen LogP contribution in [0.2, 0.25) is 0 Å². The fourth-order valence-corrected chi connectivity index (χ4v) is 2.71. The summed E-state index contributed by atoms with van der Waals surface area (Å²) in [5, 5.41) is 29.5. The zero-order valence-electron chi connectivity index (χ0n) is 15.3. The lowest BCUT2D eigenvalue weighted by Gasteiger charge is -2.08. The van der Waals surface area contributed by atoms with E-state index in [4.69, 9.17) is 10.00 Å². The molecule has 3 rings (SSSR count). The Labute approximate surface area is 167 Å². The number of hydrogen-bond donors (Lipinski definition) is 0. The average molecular weight is 381 g/mol. The Morgan fingerprint density at radius 3 is 2.48 bits per heavy atom. The van der Waals surface area contributed by atoms with E-state index in [9.17, 15) is 15.4 Å². The van der Waals surface area contributed by atoms with Gasteiger partial charge in [-0.2, -0.15) is 10.5 Å². The van der Waals surface area contributed by atoms with Crippen molar-refractivity contribution in [2.24, 2.45) is 0 Å². The Hall–Kier alpha value is -4.42. The second kappa shape index (κ2) is 8.98. The Balaban J connectivity index is 1.75. The highest BCUT2D eigenvalue weighted by Gasteiger charge is 2.09. The predicted molar refractivity (Wildman–Crippen MR) is 109 cm³/mol. The summed E-state index contributed by atoms with van der Waals surface area (Å²) in [5.41, 5.74) is 2.88. The van der Waals surface area contributed by atoms with Gasteiger partial charge in [-0.1, -0.05) is 42.5 Å². The van der Waals surface area contributed by atoms with Crippen LogP contribution in [0.3, 0.4) is 0 Å². The molecule has 29 heavy (non-hydrogen) atoms. The van der Waals surface area contributed by atoms with Gasteiger partial charge in [0.1, 0.15) is 12.4 Å². The average Bonchev–Trinajstić information content (AvgIpc) is 2.77. The molecule has 0 aliphatic heterocycles. The van der Waals surface area contributed by atoms with Crippen LogP contribution in [-0.4, -0.2) is 4.92 Å². The summed E-state index contributed by atoms with van der Waals surface area (Å²) in [5.74, 6) is 0.628. The Kier molecular flexibility index (Phi) is 5.99. The van der Waals surface area contributed by atoms with Crippen molar-refractivity contribution in [1.82, 2.24) is 0 Å². The zero-order chi connectivity index (χ0) is 20.6. The van der Waals surface area contributed by atoms with Crippen molar-refractivity contribution in [3.63, 3.8) is 0 Å². The highest BCUT2D eigenvalue weighted by atomic mass is 16.6. The van der Waals surface area contributed by atoms with Crippen LogP contribution in [0.25, 0.3) is 11.6 Å². The number of allylic oxidation sites excluding steroid dienone is 1. The normalized spacial score (nSPS) is 10.6. The number of nitriles is 2. The van der Waals surface area contributed by atoms with Gasteiger partial charge in [-0.25, -0.2) is 0 Å². The number of ether oxygens (including phenoxy) is 1. The summed E-state index contributed by atoms with van der Waals surface area (Å²) in [7, 11) is 0. The molecule has 0 aromatic heterocycles. The molecule has 0 aliphatic rings. The number of benzene rings is 3. The molecule has 0 aliphatic carbocycles. The van der Waals surface area contributed by atoms with Gasteiger partial charge in [0.05, 0.1) is 28.2 Å². The summed E-state index contributed by atoms with van der Waals surface area (Å²) in [6.45, 7) is 0.274. The van der Waals surface area contributed by atoms with Crippen LogP contribution in [0.15, 0.2) is 72.8 Å². The summed E-state index contributed by atoms with van der Waals surface area (Å²) >= 11 is 0. The molecule has 140 valence electrons. The zero-order valence-corrected chi connectivity index (χ0v) is 15.3. The summed E-state index contributed by atoms with van der Waals surface area (Å²) in [6.07, 6.45) is 1.66. The highest BCUT2D eigenvalue weighted by Crippen LogP contribution is 2.23. The van der Waals surface area contributed by atoms with Crippen LogP contribution in [0.4, 0.5) is 5.69 Å². The minimum Gasteiger partial charge on any atom is -0.489 e. The van der Waals surface area contributed by atoms with E-state index in [1.807, 2.05) is 12.1 Å². The molecule has 6 heteroatoms. The fourth-order valence-electron chi connectivity index (χ4n) is 2.71. The van der Waals surface area contributed by atoms with Crippen molar-refractivity contribution in [3.05, 3.63) is 105 Å². The SMILES string of the molecule is N#CC(=Cc1ccc(OCc2ccccc2C#N)cc1)c1cccc([N+](=O)[O-])c1. The maximum atomic E-state index is 10.9. The number of non-ortho nitro benzene ring substituents is 1. The molecule has 0 spiro atoms. The van der Waals surface area contributed by atoms with E-state index >= 15 is 0 Å². The van der Waals surface area contributed by atoms with Crippen molar-refractivity contribution in [3.8, 4) is 17.9 Å². The van der Waals surface area contributed by atoms with Crippen LogP contribution in [-0.2, 0) is 6.61 Å². The third kappa shape index (κ3) is 4.85. The van der Waals surface area contributed by atoms with E-state index in [1.165, 1.54) is 12.1 Å². The second-order valence-electron chi connectivity index (χ2n) is 6.10. The summed E-state index contributed by atoms with van der Waals surface area (Å²) in [6, 6.07) is 24.5. The van der Waals surface area contributed by atoms with Gasteiger partial charge in [-0.3, -0.25) is 10.1 Å². The Morgan fingerprint density at radius 1 is 1.03 bits per heavy atom. The fraction of sp³-hybridized carbons (Fsp3) is 0.0435. The van der Waals surface area contributed by atoms with Crippen LogP contribution < -0.4 is 4.74 Å². The van der Waals surface area contributed by atoms with Crippen molar-refractivity contribution >= 4 is 17.3 Å². The van der Waals surface area contributed by atoms with E-state index in [0.29, 0.717) is 22.4 Å². The topological polar surface area (TPSA) is 99.9 Å². The third-order valence-electron chi connectivity index (χ3n) is 4.21. The van der Waals surface area contributed by atoms with Crippen LogP contribution in [0.1, 0.15) is 22.3 Å². The number of nitro benzene ring substituents is 1. The first-order valence-corrected chi connectivity index (χ1v) is 8.68. The molecule has 0 amide bonds. The first kappa shape index (κ1) is 19.3. The molecule has 0 heterocycles. The lowest BCUT2D eigenvalue weighted by atomic mass is 10.0. The van der Waals surface area contributed by atoms with Crippen LogP contribution >= 0.6 is 0 Å². The molecule has 0 unspecified atom stereocenters. The first-order chi connectivity index (χ1) is 14.1. The number of nitro groups is 1. The van der Waals surface area contributed by atoms with E-state index in [0.717, 1.165) is 11.1 Å². The van der Waals surface area contributed by atoms with E-state index in [2.05, 4.69) is 12.1 Å². The Morgan fingerprint density at radius 2 is 1.79 bits per heavy atom. The van der Waals surface area contributed by atoms with E-state index < -0.39 is 4.92 Å². The summed E-state index contributed by atoms with van der Waals surface area (Å²) < 4.78 is 5.74. The Bertz CT molecular complexity index is 1150. The molecule has 6 nitrogen and oxygen atoms in total. The number of rotatable bonds is 6. The van der Waals surface area contributed by atoms with Gasteiger partial charge < -0.3 is 4.74 Å². The van der Waals surface area contributed by atoms with Crippen LogP contribution in [0.5, 0.6) is 5.75 Å². The number of hydrogen-bond acceptors (Lipinski definition) is 5. The molecule has 0 saturated heterocycles. The lowest BCUT2D eigenvalue weighted by molar-refractivity contribution is -0.384. The molecule has 0 N–H and O–H groups in total. The van der Waals surface area contributed by atoms with Gasteiger partial charge in [-0.15, -0.1) is 0 Å². The monoisotopic (exact) mass is 381 g/mol. The molecule has 3 aromatic rings. The molecule has 0 atom stereocenters. The van der Waals surface area contributed by atoms with Gasteiger partial charge in [0.25, 0.3) is 5.69 Å². The van der Waals surface area contributed by atoms with Crippen molar-refractivity contribution < 1.29 is 9.66 Å². The predicted octanol–water partition coefficient (Wildman–Crippen LogP) is 5.11. The minimum atomic E-state index is -0.491. The van der Waals surface area contributed by atoms with Gasteiger partial charge in [-0.05, 0) is 35.4 Å². The largest absolute Gasteiger partial charge is 0.489 e. The molecular weight excluding hydrogens is 366 g/mol. The van der Waals surface area contributed by atoms with E-state index in [1.54, 1.807) is 54.6 Å². The van der Waals surface area contributed by atoms with E-state index in [-0.39, 0.29) is 12.3 Å². The van der Waals surface area contributed by atoms with Gasteiger partial charge in [0.2, 0.25) is 0 Å². The lowest BCUT2D eigenvalue weighted by Crippen LogP contribution is -1.98. The maximum absolute atomic E-state index is 10.9. The number of nitrogens with zero attached hydrogens (tertiary/aromatic N) is 3. The van der Waals surface area contributed by atoms with Crippen molar-refractivity contribution in [2.75, 3.05) is 0 Å². The van der Waals surface area contributed by atoms with Crippen molar-refractivity contribution in [1.29, 1.82) is 10.5 Å². The van der Waals surface area contributed by atoms with Gasteiger partial charge >= 0.3 is 0 Å². The molecule has 0 fully saturated rings. The first-order valence-electron chi connectivity index (χ1n) is 8.68. The second-order valence-corrected chi connectivity index (χ2v) is 6.10. The van der Waals surface area contributed by atoms with Crippen molar-refractivity contribution in [2.45, 2.75) is 6.61 Å². The molecule has 3 aromatic carbocycles. The highest BCUT2D eigenvalue weighted by molar-refractivity contribution is 5.90. The minimum absolute atomic E-state index is 0.0648. The third-order valence-corrected chi connectivity index (χ3v) is 4.21. The molecule has 0 saturated carbocycles.